The summed E-state index contributed by atoms with van der Waals surface area (Å²) in [5, 5.41) is 3.73. The molecular weight excluding hydrogens is 220 g/mol. The molecule has 1 N–H and O–H groups in total. The average Bonchev–Trinajstić information content (AvgIpc) is 3.18. The number of likely N-dealkylation sites (tertiary alicyclic amines) is 1. The number of rotatable bonds is 6. The molecule has 0 spiro atoms. The minimum atomic E-state index is 0.637. The fraction of sp³-hybridized carbons (Fsp3) is 1.00. The first-order valence-electron chi connectivity index (χ1n) is 8.21. The second kappa shape index (κ2) is 5.50. The molecule has 0 aromatic rings. The molecule has 104 valence electrons. The van der Waals surface area contributed by atoms with Crippen LogP contribution in [-0.2, 0) is 0 Å². The van der Waals surface area contributed by atoms with Gasteiger partial charge in [-0.3, -0.25) is 0 Å². The van der Waals surface area contributed by atoms with Crippen LogP contribution in [0, 0.1) is 17.8 Å². The minimum absolute atomic E-state index is 0.637. The lowest BCUT2D eigenvalue weighted by Crippen LogP contribution is -2.49. The van der Waals surface area contributed by atoms with Crippen molar-refractivity contribution in [3.63, 3.8) is 0 Å². The van der Waals surface area contributed by atoms with Crippen LogP contribution in [0.15, 0.2) is 0 Å². The van der Waals surface area contributed by atoms with Gasteiger partial charge >= 0.3 is 0 Å². The Morgan fingerprint density at radius 2 is 1.72 bits per heavy atom. The number of piperidine rings is 1. The molecule has 3 rings (SSSR count). The normalized spacial score (nSPS) is 30.3. The molecule has 0 amide bonds. The Kier molecular flexibility index (Phi) is 3.95. The van der Waals surface area contributed by atoms with Crippen molar-refractivity contribution in [3.05, 3.63) is 0 Å². The largest absolute Gasteiger partial charge is 0.311 e. The van der Waals surface area contributed by atoms with Crippen molar-refractivity contribution in [1.29, 1.82) is 0 Å². The van der Waals surface area contributed by atoms with Crippen LogP contribution in [0.4, 0.5) is 0 Å². The highest BCUT2D eigenvalue weighted by Gasteiger charge is 2.42. The molecule has 0 aromatic heterocycles. The SMILES string of the molecule is CC(C)NC1CCCN(CC(C2CC2)C2CC2)C1. The lowest BCUT2D eigenvalue weighted by Gasteiger charge is -2.36. The van der Waals surface area contributed by atoms with Crippen molar-refractivity contribution < 1.29 is 0 Å². The van der Waals surface area contributed by atoms with Crippen LogP contribution in [-0.4, -0.2) is 36.6 Å². The molecule has 0 bridgehead atoms. The van der Waals surface area contributed by atoms with E-state index >= 15 is 0 Å². The smallest absolute Gasteiger partial charge is 0.0197 e. The summed E-state index contributed by atoms with van der Waals surface area (Å²) in [6.45, 7) is 8.61. The first kappa shape index (κ1) is 12.9. The predicted molar refractivity (Wildman–Crippen MR) is 76.7 cm³/mol. The van der Waals surface area contributed by atoms with Gasteiger partial charge in [0.15, 0.2) is 0 Å². The summed E-state index contributed by atoms with van der Waals surface area (Å²) in [5.41, 5.74) is 0. The number of hydrogen-bond acceptors (Lipinski definition) is 2. The van der Waals surface area contributed by atoms with Crippen molar-refractivity contribution in [2.24, 2.45) is 17.8 Å². The van der Waals surface area contributed by atoms with Gasteiger partial charge in [0.05, 0.1) is 0 Å². The van der Waals surface area contributed by atoms with Crippen molar-refractivity contribution >= 4 is 0 Å². The maximum absolute atomic E-state index is 3.73. The van der Waals surface area contributed by atoms with Crippen LogP contribution in [0.25, 0.3) is 0 Å². The van der Waals surface area contributed by atoms with E-state index in [4.69, 9.17) is 0 Å². The Balaban J connectivity index is 1.48. The van der Waals surface area contributed by atoms with Crippen LogP contribution >= 0.6 is 0 Å². The molecule has 1 heterocycles. The second-order valence-corrected chi connectivity index (χ2v) is 7.26. The highest BCUT2D eigenvalue weighted by Crippen LogP contribution is 2.49. The van der Waals surface area contributed by atoms with Crippen LogP contribution < -0.4 is 5.32 Å². The molecule has 1 aliphatic heterocycles. The Hall–Kier alpha value is -0.0800. The van der Waals surface area contributed by atoms with Crippen molar-refractivity contribution in [2.45, 2.75) is 64.5 Å². The lowest BCUT2D eigenvalue weighted by molar-refractivity contribution is 0.146. The van der Waals surface area contributed by atoms with Gasteiger partial charge in [-0.25, -0.2) is 0 Å². The molecule has 3 aliphatic rings. The third-order valence-electron chi connectivity index (χ3n) is 5.00. The maximum atomic E-state index is 3.73. The summed E-state index contributed by atoms with van der Waals surface area (Å²) in [7, 11) is 0. The van der Waals surface area contributed by atoms with E-state index in [0.29, 0.717) is 6.04 Å². The van der Waals surface area contributed by atoms with Crippen LogP contribution in [0.5, 0.6) is 0 Å². The Morgan fingerprint density at radius 1 is 1.06 bits per heavy atom. The molecule has 3 fully saturated rings. The van der Waals surface area contributed by atoms with Crippen LogP contribution in [0.3, 0.4) is 0 Å². The molecule has 2 nitrogen and oxygen atoms in total. The Labute approximate surface area is 113 Å². The first-order chi connectivity index (χ1) is 8.72. The van der Waals surface area contributed by atoms with E-state index in [1.54, 1.807) is 0 Å². The number of nitrogens with one attached hydrogen (secondary N) is 1. The summed E-state index contributed by atoms with van der Waals surface area (Å²) < 4.78 is 0. The highest BCUT2D eigenvalue weighted by atomic mass is 15.2. The van der Waals surface area contributed by atoms with Gasteiger partial charge in [-0.05, 0) is 62.8 Å². The third-order valence-corrected chi connectivity index (χ3v) is 5.00. The highest BCUT2D eigenvalue weighted by molar-refractivity contribution is 4.94. The molecule has 0 radical (unpaired) electrons. The Morgan fingerprint density at radius 3 is 2.28 bits per heavy atom. The first-order valence-corrected chi connectivity index (χ1v) is 8.21. The molecule has 2 saturated carbocycles. The van der Waals surface area contributed by atoms with E-state index in [0.717, 1.165) is 23.8 Å². The second-order valence-electron chi connectivity index (χ2n) is 7.26. The summed E-state index contributed by atoms with van der Waals surface area (Å²) in [6.07, 6.45) is 8.90. The van der Waals surface area contributed by atoms with Crippen LogP contribution in [0.1, 0.15) is 52.4 Å². The molecule has 2 aliphatic carbocycles. The van der Waals surface area contributed by atoms with E-state index in [-0.39, 0.29) is 0 Å². The third kappa shape index (κ3) is 3.48. The van der Waals surface area contributed by atoms with E-state index in [9.17, 15) is 0 Å². The molecule has 0 aromatic carbocycles. The van der Waals surface area contributed by atoms with Gasteiger partial charge in [-0.2, -0.15) is 0 Å². The molecule has 2 heteroatoms. The monoisotopic (exact) mass is 250 g/mol. The molecule has 18 heavy (non-hydrogen) atoms. The van der Waals surface area contributed by atoms with Gasteiger partial charge in [0.25, 0.3) is 0 Å². The van der Waals surface area contributed by atoms with Crippen molar-refractivity contribution in [1.82, 2.24) is 10.2 Å². The topological polar surface area (TPSA) is 15.3 Å². The zero-order valence-electron chi connectivity index (χ0n) is 12.2. The molecular formula is C16H30N2. The van der Waals surface area contributed by atoms with Gasteiger partial charge < -0.3 is 10.2 Å². The zero-order chi connectivity index (χ0) is 12.5. The van der Waals surface area contributed by atoms with E-state index in [1.165, 1.54) is 58.2 Å². The van der Waals surface area contributed by atoms with Gasteiger partial charge in [0.1, 0.15) is 0 Å². The van der Waals surface area contributed by atoms with E-state index in [1.807, 2.05) is 0 Å². The maximum Gasteiger partial charge on any atom is 0.0197 e. The lowest BCUT2D eigenvalue weighted by atomic mass is 9.95. The van der Waals surface area contributed by atoms with E-state index in [2.05, 4.69) is 24.1 Å². The minimum Gasteiger partial charge on any atom is -0.311 e. The standard InChI is InChI=1S/C16H30N2/c1-12(2)17-15-4-3-9-18(10-15)11-16(13-5-6-13)14-7-8-14/h12-17H,3-11H2,1-2H3. The molecule has 1 saturated heterocycles. The van der Waals surface area contributed by atoms with Gasteiger partial charge in [0.2, 0.25) is 0 Å². The predicted octanol–water partition coefficient (Wildman–Crippen LogP) is 2.89. The molecule has 1 atom stereocenters. The van der Waals surface area contributed by atoms with Crippen molar-refractivity contribution in [3.8, 4) is 0 Å². The molecule has 1 unspecified atom stereocenters. The zero-order valence-corrected chi connectivity index (χ0v) is 12.2. The number of nitrogens with zero attached hydrogens (tertiary/aromatic N) is 1. The summed E-state index contributed by atoms with van der Waals surface area (Å²) in [6, 6.07) is 1.38. The fourth-order valence-electron chi connectivity index (χ4n) is 3.86. The van der Waals surface area contributed by atoms with Crippen LogP contribution in [0.2, 0.25) is 0 Å². The quantitative estimate of drug-likeness (QED) is 0.780. The van der Waals surface area contributed by atoms with E-state index < -0.39 is 0 Å². The summed E-state index contributed by atoms with van der Waals surface area (Å²) in [4.78, 5) is 2.77. The summed E-state index contributed by atoms with van der Waals surface area (Å²) >= 11 is 0. The number of hydrogen-bond donors (Lipinski definition) is 1. The van der Waals surface area contributed by atoms with Gasteiger partial charge in [-0.1, -0.05) is 13.8 Å². The average molecular weight is 250 g/mol. The van der Waals surface area contributed by atoms with Crippen molar-refractivity contribution in [2.75, 3.05) is 19.6 Å². The van der Waals surface area contributed by atoms with Gasteiger partial charge in [0, 0.05) is 25.2 Å². The summed E-state index contributed by atoms with van der Waals surface area (Å²) in [5.74, 6) is 3.27. The van der Waals surface area contributed by atoms with Gasteiger partial charge in [-0.15, -0.1) is 0 Å². The Bertz CT molecular complexity index is 256. The fourth-order valence-corrected chi connectivity index (χ4v) is 3.86.